The minimum Gasteiger partial charge on any atom is -0.397 e. The average Bonchev–Trinajstić information content (AvgIpc) is 2.23. The van der Waals surface area contributed by atoms with Crippen molar-refractivity contribution in [2.45, 2.75) is 27.2 Å². The molecule has 0 atom stereocenters. The number of nitrogen functional groups attached to an aromatic ring is 1. The Hall–Kier alpha value is -0.930. The zero-order chi connectivity index (χ0) is 13.9. The van der Waals surface area contributed by atoms with Gasteiger partial charge in [0.2, 0.25) is 0 Å². The Labute approximate surface area is 118 Å². The van der Waals surface area contributed by atoms with Crippen molar-refractivity contribution in [3.63, 3.8) is 0 Å². The van der Waals surface area contributed by atoms with Gasteiger partial charge in [0.05, 0.1) is 15.7 Å². The van der Waals surface area contributed by atoms with Gasteiger partial charge in [-0.3, -0.25) is 4.79 Å². The summed E-state index contributed by atoms with van der Waals surface area (Å²) in [6.45, 7) is 6.98. The fourth-order valence-corrected chi connectivity index (χ4v) is 1.73. The molecule has 0 aromatic heterocycles. The third-order valence-electron chi connectivity index (χ3n) is 2.48. The topological polar surface area (TPSA) is 55.1 Å². The Morgan fingerprint density at radius 3 is 2.44 bits per heavy atom. The van der Waals surface area contributed by atoms with Crippen molar-refractivity contribution in [2.75, 3.05) is 12.3 Å². The summed E-state index contributed by atoms with van der Waals surface area (Å²) in [5.41, 5.74) is 6.58. The highest BCUT2D eigenvalue weighted by Gasteiger charge is 2.13. The van der Waals surface area contributed by atoms with E-state index >= 15 is 0 Å². The monoisotopic (exact) mass is 288 g/mol. The van der Waals surface area contributed by atoms with E-state index in [1.165, 1.54) is 12.1 Å². The van der Waals surface area contributed by atoms with E-state index in [1.54, 1.807) is 0 Å². The number of hydrogen-bond acceptors (Lipinski definition) is 2. The van der Waals surface area contributed by atoms with Crippen LogP contribution in [0.4, 0.5) is 5.69 Å². The minimum absolute atomic E-state index is 0.184. The molecule has 0 spiro atoms. The average molecular weight is 289 g/mol. The quantitative estimate of drug-likeness (QED) is 0.833. The zero-order valence-corrected chi connectivity index (χ0v) is 12.3. The molecule has 0 radical (unpaired) electrons. The van der Waals surface area contributed by atoms with Crippen molar-refractivity contribution in [1.29, 1.82) is 0 Å². The molecule has 1 aromatic carbocycles. The molecule has 18 heavy (non-hydrogen) atoms. The van der Waals surface area contributed by atoms with Gasteiger partial charge in [-0.15, -0.1) is 0 Å². The molecule has 0 heterocycles. The number of amides is 1. The summed E-state index contributed by atoms with van der Waals surface area (Å²) in [7, 11) is 0. The van der Waals surface area contributed by atoms with Gasteiger partial charge in [-0.2, -0.15) is 0 Å². The highest BCUT2D eigenvalue weighted by atomic mass is 35.5. The molecule has 0 bridgehead atoms. The van der Waals surface area contributed by atoms with E-state index in [4.69, 9.17) is 28.9 Å². The van der Waals surface area contributed by atoms with Crippen LogP contribution < -0.4 is 11.1 Å². The van der Waals surface area contributed by atoms with Gasteiger partial charge >= 0.3 is 0 Å². The van der Waals surface area contributed by atoms with Gasteiger partial charge in [-0.1, -0.05) is 44.0 Å². The highest BCUT2D eigenvalue weighted by Crippen LogP contribution is 2.29. The summed E-state index contributed by atoms with van der Waals surface area (Å²) in [6.07, 6.45) is 0.898. The fourth-order valence-electron chi connectivity index (χ4n) is 1.39. The molecule has 1 rings (SSSR count). The fraction of sp³-hybridized carbons (Fsp3) is 0.462. The molecule has 5 heteroatoms. The Morgan fingerprint density at radius 1 is 1.33 bits per heavy atom. The molecule has 0 fully saturated rings. The second-order valence-corrected chi connectivity index (χ2v) is 6.21. The van der Waals surface area contributed by atoms with Crippen LogP contribution in [-0.2, 0) is 0 Å². The summed E-state index contributed by atoms with van der Waals surface area (Å²) >= 11 is 11.7. The van der Waals surface area contributed by atoms with Crippen LogP contribution >= 0.6 is 23.2 Å². The van der Waals surface area contributed by atoms with Crippen LogP contribution in [0.3, 0.4) is 0 Å². The zero-order valence-electron chi connectivity index (χ0n) is 10.8. The van der Waals surface area contributed by atoms with E-state index in [0.29, 0.717) is 17.8 Å². The highest BCUT2D eigenvalue weighted by molar-refractivity contribution is 6.43. The lowest BCUT2D eigenvalue weighted by Crippen LogP contribution is -2.27. The Bertz CT molecular complexity index is 430. The third kappa shape index (κ3) is 4.39. The van der Waals surface area contributed by atoms with Gasteiger partial charge in [0, 0.05) is 12.1 Å². The number of rotatable bonds is 3. The molecule has 0 saturated carbocycles. The third-order valence-corrected chi connectivity index (χ3v) is 3.30. The lowest BCUT2D eigenvalue weighted by molar-refractivity contribution is 0.0949. The number of anilines is 1. The van der Waals surface area contributed by atoms with Crippen LogP contribution in [-0.4, -0.2) is 12.5 Å². The van der Waals surface area contributed by atoms with Gasteiger partial charge in [-0.25, -0.2) is 0 Å². The Balaban J connectivity index is 2.68. The second-order valence-electron chi connectivity index (χ2n) is 5.43. The predicted molar refractivity (Wildman–Crippen MR) is 77.3 cm³/mol. The van der Waals surface area contributed by atoms with Gasteiger partial charge in [-0.05, 0) is 24.0 Å². The Morgan fingerprint density at radius 2 is 1.94 bits per heavy atom. The van der Waals surface area contributed by atoms with Crippen LogP contribution in [0.2, 0.25) is 10.0 Å². The maximum absolute atomic E-state index is 11.9. The van der Waals surface area contributed by atoms with E-state index < -0.39 is 0 Å². The van der Waals surface area contributed by atoms with Crippen molar-refractivity contribution >= 4 is 34.8 Å². The summed E-state index contributed by atoms with van der Waals surface area (Å²) in [4.78, 5) is 11.9. The lowest BCUT2D eigenvalue weighted by atomic mass is 9.92. The molecule has 3 N–H and O–H groups in total. The normalized spacial score (nSPS) is 11.4. The molecule has 0 aliphatic rings. The van der Waals surface area contributed by atoms with Gasteiger partial charge in [0.25, 0.3) is 5.91 Å². The van der Waals surface area contributed by atoms with Crippen molar-refractivity contribution in [1.82, 2.24) is 5.32 Å². The molecule has 3 nitrogen and oxygen atoms in total. The number of halogens is 2. The molecule has 0 unspecified atom stereocenters. The van der Waals surface area contributed by atoms with Crippen molar-refractivity contribution < 1.29 is 4.79 Å². The van der Waals surface area contributed by atoms with Gasteiger partial charge in [0.15, 0.2) is 0 Å². The number of nitrogens with one attached hydrogen (secondary N) is 1. The van der Waals surface area contributed by atoms with Crippen LogP contribution in [0.5, 0.6) is 0 Å². The second kappa shape index (κ2) is 5.81. The SMILES string of the molecule is CC(C)(C)CCNC(=O)c1cc(N)c(Cl)c(Cl)c1. The molecule has 1 aromatic rings. The van der Waals surface area contributed by atoms with E-state index in [-0.39, 0.29) is 21.4 Å². The first-order chi connectivity index (χ1) is 8.20. The largest absolute Gasteiger partial charge is 0.397 e. The number of hydrogen-bond donors (Lipinski definition) is 2. The number of nitrogens with two attached hydrogens (primary N) is 1. The van der Waals surface area contributed by atoms with E-state index in [0.717, 1.165) is 6.42 Å². The van der Waals surface area contributed by atoms with Crippen LogP contribution in [0.15, 0.2) is 12.1 Å². The maximum Gasteiger partial charge on any atom is 0.251 e. The number of carbonyl (C=O) groups is 1. The number of carbonyl (C=O) groups excluding carboxylic acids is 1. The van der Waals surface area contributed by atoms with Gasteiger partial charge < -0.3 is 11.1 Å². The Kier molecular flexibility index (Phi) is 4.88. The first-order valence-electron chi connectivity index (χ1n) is 5.73. The van der Waals surface area contributed by atoms with E-state index in [2.05, 4.69) is 26.1 Å². The summed E-state index contributed by atoms with van der Waals surface area (Å²) in [5, 5.41) is 3.40. The molecule has 0 saturated heterocycles. The summed E-state index contributed by atoms with van der Waals surface area (Å²) < 4.78 is 0. The molecule has 1 amide bonds. The molecule has 100 valence electrons. The van der Waals surface area contributed by atoms with Gasteiger partial charge in [0.1, 0.15) is 0 Å². The summed E-state index contributed by atoms with van der Waals surface area (Å²) in [6, 6.07) is 3.05. The lowest BCUT2D eigenvalue weighted by Gasteiger charge is -2.18. The van der Waals surface area contributed by atoms with Crippen molar-refractivity contribution in [3.8, 4) is 0 Å². The first kappa shape index (κ1) is 15.1. The molecule has 0 aliphatic carbocycles. The standard InChI is InChI=1S/C13H18Cl2N2O/c1-13(2,3)4-5-17-12(18)8-6-9(14)11(15)10(16)7-8/h6-7H,4-5,16H2,1-3H3,(H,17,18). The van der Waals surface area contributed by atoms with Crippen LogP contribution in [0.1, 0.15) is 37.6 Å². The molecular formula is C13H18Cl2N2O. The molecule has 0 aliphatic heterocycles. The van der Waals surface area contributed by atoms with Crippen LogP contribution in [0, 0.1) is 5.41 Å². The first-order valence-corrected chi connectivity index (χ1v) is 6.49. The molecular weight excluding hydrogens is 271 g/mol. The number of benzene rings is 1. The van der Waals surface area contributed by atoms with E-state index in [1.807, 2.05) is 0 Å². The summed E-state index contributed by atoms with van der Waals surface area (Å²) in [5.74, 6) is -0.190. The van der Waals surface area contributed by atoms with Crippen molar-refractivity contribution in [3.05, 3.63) is 27.7 Å². The predicted octanol–water partition coefficient (Wildman–Crippen LogP) is 3.74. The van der Waals surface area contributed by atoms with Crippen LogP contribution in [0.25, 0.3) is 0 Å². The minimum atomic E-state index is -0.190. The maximum atomic E-state index is 11.9. The smallest absolute Gasteiger partial charge is 0.251 e. The van der Waals surface area contributed by atoms with E-state index in [9.17, 15) is 4.79 Å². The van der Waals surface area contributed by atoms with Crippen molar-refractivity contribution in [2.24, 2.45) is 5.41 Å².